The SMILES string of the molecule is CCOc1cccc(Oc2ccc(C#N)cc2Br)c1. The smallest absolute Gasteiger partial charge is 0.141 e. The van der Waals surface area contributed by atoms with Crippen LogP contribution < -0.4 is 9.47 Å². The molecule has 0 heterocycles. The summed E-state index contributed by atoms with van der Waals surface area (Å²) in [7, 11) is 0. The van der Waals surface area contributed by atoms with Gasteiger partial charge in [-0.3, -0.25) is 0 Å². The van der Waals surface area contributed by atoms with Crippen molar-refractivity contribution in [1.29, 1.82) is 5.26 Å². The molecule has 0 aliphatic carbocycles. The van der Waals surface area contributed by atoms with Crippen LogP contribution in [-0.4, -0.2) is 6.61 Å². The first kappa shape index (κ1) is 13.4. The molecule has 0 saturated carbocycles. The van der Waals surface area contributed by atoms with Gasteiger partial charge in [-0.05, 0) is 53.2 Å². The Kier molecular flexibility index (Phi) is 4.43. The summed E-state index contributed by atoms with van der Waals surface area (Å²) in [5.41, 5.74) is 0.585. The van der Waals surface area contributed by atoms with Crippen LogP contribution in [0, 0.1) is 11.3 Å². The van der Waals surface area contributed by atoms with Gasteiger partial charge in [0.25, 0.3) is 0 Å². The first-order chi connectivity index (χ1) is 9.22. The van der Waals surface area contributed by atoms with Gasteiger partial charge in [0.05, 0.1) is 22.7 Å². The Balaban J connectivity index is 2.21. The predicted molar refractivity (Wildman–Crippen MR) is 76.5 cm³/mol. The minimum atomic E-state index is 0.585. The van der Waals surface area contributed by atoms with Crippen molar-refractivity contribution in [2.75, 3.05) is 6.61 Å². The van der Waals surface area contributed by atoms with Crippen LogP contribution in [0.3, 0.4) is 0 Å². The molecule has 96 valence electrons. The molecule has 0 aliphatic rings. The second kappa shape index (κ2) is 6.26. The summed E-state index contributed by atoms with van der Waals surface area (Å²) in [6.07, 6.45) is 0. The number of hydrogen-bond donors (Lipinski definition) is 0. The standard InChI is InChI=1S/C15H12BrNO2/c1-2-18-12-4-3-5-13(9-12)19-15-7-6-11(10-17)8-14(15)16/h3-9H,2H2,1H3. The fraction of sp³-hybridized carbons (Fsp3) is 0.133. The van der Waals surface area contributed by atoms with Crippen molar-refractivity contribution in [3.05, 3.63) is 52.5 Å². The minimum absolute atomic E-state index is 0.585. The molecule has 2 aromatic carbocycles. The van der Waals surface area contributed by atoms with Crippen LogP contribution >= 0.6 is 15.9 Å². The summed E-state index contributed by atoms with van der Waals surface area (Å²) in [5, 5.41) is 8.81. The van der Waals surface area contributed by atoms with Gasteiger partial charge in [-0.2, -0.15) is 5.26 Å². The first-order valence-electron chi connectivity index (χ1n) is 5.83. The van der Waals surface area contributed by atoms with E-state index < -0.39 is 0 Å². The number of ether oxygens (including phenoxy) is 2. The quantitative estimate of drug-likeness (QED) is 0.833. The highest BCUT2D eigenvalue weighted by atomic mass is 79.9. The van der Waals surface area contributed by atoms with Crippen LogP contribution in [0.15, 0.2) is 46.9 Å². The van der Waals surface area contributed by atoms with Crippen molar-refractivity contribution in [2.24, 2.45) is 0 Å². The van der Waals surface area contributed by atoms with Gasteiger partial charge in [-0.15, -0.1) is 0 Å². The van der Waals surface area contributed by atoms with Crippen molar-refractivity contribution in [1.82, 2.24) is 0 Å². The highest BCUT2D eigenvalue weighted by Crippen LogP contribution is 2.31. The third-order valence-corrected chi connectivity index (χ3v) is 3.03. The number of nitriles is 1. The zero-order valence-electron chi connectivity index (χ0n) is 10.4. The zero-order valence-corrected chi connectivity index (χ0v) is 12.0. The molecule has 19 heavy (non-hydrogen) atoms. The molecule has 0 bridgehead atoms. The van der Waals surface area contributed by atoms with Crippen molar-refractivity contribution >= 4 is 15.9 Å². The van der Waals surface area contributed by atoms with Crippen LogP contribution in [0.1, 0.15) is 12.5 Å². The fourth-order valence-electron chi connectivity index (χ4n) is 1.57. The molecule has 2 aromatic rings. The molecular weight excluding hydrogens is 306 g/mol. The van der Waals surface area contributed by atoms with E-state index in [0.29, 0.717) is 23.7 Å². The molecule has 0 N–H and O–H groups in total. The zero-order chi connectivity index (χ0) is 13.7. The van der Waals surface area contributed by atoms with Gasteiger partial charge < -0.3 is 9.47 Å². The molecule has 0 atom stereocenters. The third-order valence-electron chi connectivity index (χ3n) is 2.41. The normalized spacial score (nSPS) is 9.74. The van der Waals surface area contributed by atoms with Gasteiger partial charge in [0.15, 0.2) is 0 Å². The number of hydrogen-bond acceptors (Lipinski definition) is 3. The molecule has 0 aromatic heterocycles. The van der Waals surface area contributed by atoms with E-state index in [0.717, 1.165) is 10.2 Å². The number of benzene rings is 2. The molecule has 0 unspecified atom stereocenters. The van der Waals surface area contributed by atoms with Crippen molar-refractivity contribution < 1.29 is 9.47 Å². The minimum Gasteiger partial charge on any atom is -0.494 e. The van der Waals surface area contributed by atoms with E-state index in [4.69, 9.17) is 14.7 Å². The van der Waals surface area contributed by atoms with E-state index in [-0.39, 0.29) is 0 Å². The maximum absolute atomic E-state index is 8.81. The number of nitrogens with zero attached hydrogens (tertiary/aromatic N) is 1. The second-order valence-electron chi connectivity index (χ2n) is 3.77. The molecule has 0 radical (unpaired) electrons. The van der Waals surface area contributed by atoms with Crippen LogP contribution in [0.4, 0.5) is 0 Å². The average molecular weight is 318 g/mol. The Bertz CT molecular complexity index is 620. The van der Waals surface area contributed by atoms with Crippen LogP contribution in [0.5, 0.6) is 17.2 Å². The van der Waals surface area contributed by atoms with Crippen LogP contribution in [-0.2, 0) is 0 Å². The molecule has 4 heteroatoms. The lowest BCUT2D eigenvalue weighted by molar-refractivity contribution is 0.338. The Labute approximate surface area is 120 Å². The Morgan fingerprint density at radius 1 is 1.16 bits per heavy atom. The van der Waals surface area contributed by atoms with E-state index in [2.05, 4.69) is 22.0 Å². The number of rotatable bonds is 4. The summed E-state index contributed by atoms with van der Waals surface area (Å²) < 4.78 is 11.9. The predicted octanol–water partition coefficient (Wildman–Crippen LogP) is 4.51. The summed E-state index contributed by atoms with van der Waals surface area (Å²) in [6, 6.07) is 14.7. The van der Waals surface area contributed by atoms with E-state index >= 15 is 0 Å². The summed E-state index contributed by atoms with van der Waals surface area (Å²) in [6.45, 7) is 2.55. The molecule has 0 aliphatic heterocycles. The van der Waals surface area contributed by atoms with Crippen molar-refractivity contribution in [2.45, 2.75) is 6.92 Å². The Morgan fingerprint density at radius 2 is 1.95 bits per heavy atom. The van der Waals surface area contributed by atoms with E-state index in [1.807, 2.05) is 31.2 Å². The molecule has 0 spiro atoms. The summed E-state index contributed by atoms with van der Waals surface area (Å²) >= 11 is 3.39. The monoisotopic (exact) mass is 317 g/mol. The first-order valence-corrected chi connectivity index (χ1v) is 6.62. The van der Waals surface area contributed by atoms with Gasteiger partial charge in [-0.25, -0.2) is 0 Å². The van der Waals surface area contributed by atoms with Gasteiger partial charge in [0, 0.05) is 6.07 Å². The topological polar surface area (TPSA) is 42.2 Å². The summed E-state index contributed by atoms with van der Waals surface area (Å²) in [4.78, 5) is 0. The molecule has 3 nitrogen and oxygen atoms in total. The maximum Gasteiger partial charge on any atom is 0.141 e. The van der Waals surface area contributed by atoms with Gasteiger partial charge >= 0.3 is 0 Å². The Hall–Kier alpha value is -1.99. The molecule has 0 saturated heterocycles. The lowest BCUT2D eigenvalue weighted by Gasteiger charge is -2.09. The third kappa shape index (κ3) is 3.49. The molecule has 0 fully saturated rings. The highest BCUT2D eigenvalue weighted by molar-refractivity contribution is 9.10. The Morgan fingerprint density at radius 3 is 2.63 bits per heavy atom. The van der Waals surface area contributed by atoms with E-state index in [1.165, 1.54) is 0 Å². The largest absolute Gasteiger partial charge is 0.494 e. The maximum atomic E-state index is 8.81. The van der Waals surface area contributed by atoms with Gasteiger partial charge in [0.1, 0.15) is 17.2 Å². The van der Waals surface area contributed by atoms with Gasteiger partial charge in [-0.1, -0.05) is 6.07 Å². The lowest BCUT2D eigenvalue weighted by Crippen LogP contribution is -1.92. The number of halogens is 1. The lowest BCUT2D eigenvalue weighted by atomic mass is 10.2. The molecule has 2 rings (SSSR count). The average Bonchev–Trinajstić information content (AvgIpc) is 2.42. The van der Waals surface area contributed by atoms with E-state index in [9.17, 15) is 0 Å². The molecular formula is C15H12BrNO2. The fourth-order valence-corrected chi connectivity index (χ4v) is 2.03. The van der Waals surface area contributed by atoms with Crippen LogP contribution in [0.25, 0.3) is 0 Å². The second-order valence-corrected chi connectivity index (χ2v) is 4.62. The highest BCUT2D eigenvalue weighted by Gasteiger charge is 2.05. The van der Waals surface area contributed by atoms with Gasteiger partial charge in [0.2, 0.25) is 0 Å². The van der Waals surface area contributed by atoms with Crippen molar-refractivity contribution in [3.8, 4) is 23.3 Å². The van der Waals surface area contributed by atoms with Crippen molar-refractivity contribution in [3.63, 3.8) is 0 Å². The van der Waals surface area contributed by atoms with E-state index in [1.54, 1.807) is 18.2 Å². The molecule has 0 amide bonds. The summed E-state index contributed by atoms with van der Waals surface area (Å²) in [5.74, 6) is 2.12. The van der Waals surface area contributed by atoms with Crippen LogP contribution in [0.2, 0.25) is 0 Å².